The quantitative estimate of drug-likeness (QED) is 0.376. The van der Waals surface area contributed by atoms with E-state index in [-0.39, 0.29) is 12.6 Å². The lowest BCUT2D eigenvalue weighted by molar-refractivity contribution is 0.153. The lowest BCUT2D eigenvalue weighted by Crippen LogP contribution is -2.32. The Bertz CT molecular complexity index is 1270. The maximum absolute atomic E-state index is 10.1. The molecule has 4 aromatic rings. The first-order valence-electron chi connectivity index (χ1n) is 12.3. The predicted octanol–water partition coefficient (Wildman–Crippen LogP) is 5.17. The first-order chi connectivity index (χ1) is 17.2. The molecule has 2 aromatic carbocycles. The summed E-state index contributed by atoms with van der Waals surface area (Å²) < 4.78 is 0. The van der Waals surface area contributed by atoms with Gasteiger partial charge in [-0.2, -0.15) is 0 Å². The summed E-state index contributed by atoms with van der Waals surface area (Å²) in [7, 11) is 0. The number of benzene rings is 2. The Hall–Kier alpha value is -3.38. The van der Waals surface area contributed by atoms with Gasteiger partial charge in [-0.05, 0) is 70.8 Å². The summed E-state index contributed by atoms with van der Waals surface area (Å²) in [6.45, 7) is 1.87. The Kier molecular flexibility index (Phi) is 7.28. The molecule has 2 aromatic heterocycles. The fraction of sp³-hybridized carbons (Fsp3) is 0.267. The van der Waals surface area contributed by atoms with Gasteiger partial charge in [-0.1, -0.05) is 54.6 Å². The molecule has 1 aliphatic rings. The first-order valence-corrected chi connectivity index (χ1v) is 12.3. The van der Waals surface area contributed by atoms with E-state index in [2.05, 4.69) is 59.5 Å². The van der Waals surface area contributed by atoms with Gasteiger partial charge < -0.3 is 10.8 Å². The van der Waals surface area contributed by atoms with Crippen LogP contribution in [-0.4, -0.2) is 20.0 Å². The van der Waals surface area contributed by atoms with Gasteiger partial charge in [0.15, 0.2) is 0 Å². The van der Waals surface area contributed by atoms with E-state index < -0.39 is 0 Å². The monoisotopic (exact) mass is 464 g/mol. The van der Waals surface area contributed by atoms with E-state index in [0.717, 1.165) is 41.6 Å². The van der Waals surface area contributed by atoms with Crippen LogP contribution in [0.15, 0.2) is 85.2 Å². The highest BCUT2D eigenvalue weighted by Crippen LogP contribution is 2.35. The van der Waals surface area contributed by atoms with Gasteiger partial charge in [0.05, 0.1) is 24.0 Å². The van der Waals surface area contributed by atoms with Crippen molar-refractivity contribution in [2.75, 3.05) is 0 Å². The van der Waals surface area contributed by atoms with Crippen LogP contribution >= 0.6 is 0 Å². The zero-order valence-electron chi connectivity index (χ0n) is 20.0. The summed E-state index contributed by atoms with van der Waals surface area (Å²) in [4.78, 5) is 12.0. The third kappa shape index (κ3) is 5.33. The van der Waals surface area contributed by atoms with Crippen LogP contribution in [0.1, 0.15) is 52.5 Å². The van der Waals surface area contributed by atoms with E-state index in [0.29, 0.717) is 19.6 Å². The number of pyridine rings is 2. The van der Waals surface area contributed by atoms with Crippen molar-refractivity contribution in [3.63, 3.8) is 0 Å². The van der Waals surface area contributed by atoms with Crippen LogP contribution in [0.25, 0.3) is 11.1 Å². The number of aryl methyl sites for hydroxylation is 1. The molecule has 0 saturated carbocycles. The first kappa shape index (κ1) is 23.4. The summed E-state index contributed by atoms with van der Waals surface area (Å²) in [5.74, 6) is 0. The molecule has 5 heteroatoms. The van der Waals surface area contributed by atoms with Crippen molar-refractivity contribution in [2.45, 2.75) is 51.5 Å². The second kappa shape index (κ2) is 10.9. The molecule has 178 valence electrons. The van der Waals surface area contributed by atoms with Crippen LogP contribution in [0.2, 0.25) is 0 Å². The molecule has 0 bridgehead atoms. The van der Waals surface area contributed by atoms with E-state index in [1.807, 2.05) is 30.6 Å². The molecular weight excluding hydrogens is 432 g/mol. The van der Waals surface area contributed by atoms with Crippen molar-refractivity contribution in [2.24, 2.45) is 5.73 Å². The molecule has 5 rings (SSSR count). The maximum Gasteiger partial charge on any atom is 0.0685 e. The lowest BCUT2D eigenvalue weighted by Gasteiger charge is -2.35. The highest BCUT2D eigenvalue weighted by atomic mass is 16.3. The van der Waals surface area contributed by atoms with Crippen LogP contribution in [0, 0.1) is 0 Å². The average molecular weight is 465 g/mol. The molecule has 1 atom stereocenters. The second-order valence-corrected chi connectivity index (χ2v) is 9.23. The SMILES string of the molecule is NCc1ccc(CN(Cc2cc(-c3ccccc3)ccn2)C2CCCc3cccnc32)c(CO)c1. The van der Waals surface area contributed by atoms with Gasteiger partial charge in [0, 0.05) is 32.0 Å². The third-order valence-electron chi connectivity index (χ3n) is 6.95. The Morgan fingerprint density at radius 1 is 0.857 bits per heavy atom. The van der Waals surface area contributed by atoms with Crippen LogP contribution in [-0.2, 0) is 32.7 Å². The zero-order valence-corrected chi connectivity index (χ0v) is 20.0. The number of rotatable bonds is 8. The number of aliphatic hydroxyl groups is 1. The van der Waals surface area contributed by atoms with Gasteiger partial charge in [0.1, 0.15) is 0 Å². The number of nitrogens with two attached hydrogens (primary N) is 1. The highest BCUT2D eigenvalue weighted by Gasteiger charge is 2.28. The smallest absolute Gasteiger partial charge is 0.0685 e. The minimum absolute atomic E-state index is 0.00173. The lowest BCUT2D eigenvalue weighted by atomic mass is 9.90. The molecule has 3 N–H and O–H groups in total. The summed E-state index contributed by atoms with van der Waals surface area (Å²) in [6.07, 6.45) is 7.06. The third-order valence-corrected chi connectivity index (χ3v) is 6.95. The fourth-order valence-electron chi connectivity index (χ4n) is 5.13. The minimum Gasteiger partial charge on any atom is -0.392 e. The molecule has 0 amide bonds. The molecular formula is C30H32N4O. The molecule has 0 radical (unpaired) electrons. The minimum atomic E-state index is -0.00173. The fourth-order valence-corrected chi connectivity index (χ4v) is 5.13. The number of fused-ring (bicyclic) bond motifs is 1. The number of hydrogen-bond acceptors (Lipinski definition) is 5. The van der Waals surface area contributed by atoms with Crippen molar-refractivity contribution in [3.8, 4) is 11.1 Å². The van der Waals surface area contributed by atoms with E-state index >= 15 is 0 Å². The van der Waals surface area contributed by atoms with Crippen LogP contribution in [0.3, 0.4) is 0 Å². The highest BCUT2D eigenvalue weighted by molar-refractivity contribution is 5.63. The van der Waals surface area contributed by atoms with Crippen molar-refractivity contribution >= 4 is 0 Å². The molecule has 2 heterocycles. The summed E-state index contributed by atoms with van der Waals surface area (Å²) in [6, 6.07) is 25.3. The molecule has 35 heavy (non-hydrogen) atoms. The number of aliphatic hydroxyl groups excluding tert-OH is 1. The molecule has 0 aliphatic heterocycles. The second-order valence-electron chi connectivity index (χ2n) is 9.23. The molecule has 1 unspecified atom stereocenters. The summed E-state index contributed by atoms with van der Waals surface area (Å²) in [5, 5.41) is 10.1. The Morgan fingerprint density at radius 3 is 2.57 bits per heavy atom. The van der Waals surface area contributed by atoms with Gasteiger partial charge >= 0.3 is 0 Å². The Balaban J connectivity index is 1.50. The standard InChI is InChI=1S/C30H32N4O/c31-18-22-11-12-26(27(16-22)21-35)19-34(29-10-4-8-24-9-5-14-33-30(24)29)20-28-17-25(13-15-32-28)23-6-2-1-3-7-23/h1-3,5-7,9,11-17,29,35H,4,8,10,18-21,31H2. The van der Waals surface area contributed by atoms with E-state index in [1.54, 1.807) is 0 Å². The van der Waals surface area contributed by atoms with Crippen molar-refractivity contribution in [1.29, 1.82) is 0 Å². The number of aromatic nitrogens is 2. The van der Waals surface area contributed by atoms with Gasteiger partial charge in [0.25, 0.3) is 0 Å². The largest absolute Gasteiger partial charge is 0.392 e. The molecule has 1 aliphatic carbocycles. The van der Waals surface area contributed by atoms with E-state index in [1.165, 1.54) is 22.4 Å². The van der Waals surface area contributed by atoms with Crippen LogP contribution in [0.5, 0.6) is 0 Å². The van der Waals surface area contributed by atoms with Crippen molar-refractivity contribution < 1.29 is 5.11 Å². The topological polar surface area (TPSA) is 75.3 Å². The number of hydrogen-bond donors (Lipinski definition) is 2. The van der Waals surface area contributed by atoms with Gasteiger partial charge in [-0.3, -0.25) is 14.9 Å². The zero-order chi connectivity index (χ0) is 24.0. The summed E-state index contributed by atoms with van der Waals surface area (Å²) in [5.41, 5.74) is 14.8. The number of nitrogens with zero attached hydrogens (tertiary/aromatic N) is 3. The van der Waals surface area contributed by atoms with E-state index in [9.17, 15) is 5.11 Å². The summed E-state index contributed by atoms with van der Waals surface area (Å²) >= 11 is 0. The normalized spacial score (nSPS) is 15.2. The maximum atomic E-state index is 10.1. The van der Waals surface area contributed by atoms with Crippen molar-refractivity contribution in [1.82, 2.24) is 14.9 Å². The Labute approximate surface area is 207 Å². The molecule has 0 fully saturated rings. The van der Waals surface area contributed by atoms with Gasteiger partial charge in [0.2, 0.25) is 0 Å². The average Bonchev–Trinajstić information content (AvgIpc) is 2.93. The van der Waals surface area contributed by atoms with Gasteiger partial charge in [-0.15, -0.1) is 0 Å². The predicted molar refractivity (Wildman–Crippen MR) is 139 cm³/mol. The van der Waals surface area contributed by atoms with Gasteiger partial charge in [-0.25, -0.2) is 0 Å². The van der Waals surface area contributed by atoms with Crippen LogP contribution in [0.4, 0.5) is 0 Å². The molecule has 0 spiro atoms. The molecule has 0 saturated heterocycles. The molecule has 5 nitrogen and oxygen atoms in total. The van der Waals surface area contributed by atoms with E-state index in [4.69, 9.17) is 15.7 Å². The van der Waals surface area contributed by atoms with Crippen molar-refractivity contribution in [3.05, 3.63) is 119 Å². The van der Waals surface area contributed by atoms with Crippen LogP contribution < -0.4 is 5.73 Å². The Morgan fingerprint density at radius 2 is 1.74 bits per heavy atom.